The first kappa shape index (κ1) is 13.4. The molecule has 0 saturated heterocycles. The molecule has 0 unspecified atom stereocenters. The van der Waals surface area contributed by atoms with Gasteiger partial charge in [0.1, 0.15) is 5.82 Å². The number of hydrogen-bond donors (Lipinski definition) is 2. The van der Waals surface area contributed by atoms with Crippen LogP contribution in [0, 0.1) is 5.82 Å². The maximum atomic E-state index is 12.9. The van der Waals surface area contributed by atoms with Gasteiger partial charge < -0.3 is 11.1 Å². The van der Waals surface area contributed by atoms with Crippen molar-refractivity contribution in [2.24, 2.45) is 0 Å². The maximum absolute atomic E-state index is 12.9. The third kappa shape index (κ3) is 3.06. The number of carbonyl (C=O) groups excluding carboxylic acids is 1. The normalized spacial score (nSPS) is 10.2. The molecule has 0 heterocycles. The van der Waals surface area contributed by atoms with Crippen LogP contribution in [0.3, 0.4) is 0 Å². The van der Waals surface area contributed by atoms with Gasteiger partial charge in [-0.3, -0.25) is 4.79 Å². The largest absolute Gasteiger partial charge is 0.397 e. The zero-order valence-corrected chi connectivity index (χ0v) is 11.1. The number of nitrogen functional groups attached to an aromatic ring is 1. The van der Waals surface area contributed by atoms with E-state index in [-0.39, 0.29) is 11.6 Å². The summed E-state index contributed by atoms with van der Waals surface area (Å²) in [5, 5.41) is 2.68. The molecule has 0 spiro atoms. The summed E-state index contributed by atoms with van der Waals surface area (Å²) in [4.78, 5) is 13.0. The molecular formula is C14H13FN2OS. The molecule has 0 fully saturated rings. The van der Waals surface area contributed by atoms with Crippen molar-refractivity contribution in [3.63, 3.8) is 0 Å². The van der Waals surface area contributed by atoms with Crippen LogP contribution in [0.5, 0.6) is 0 Å². The molecule has 0 aromatic heterocycles. The molecule has 0 saturated carbocycles. The number of hydrogen-bond acceptors (Lipinski definition) is 3. The van der Waals surface area contributed by atoms with Crippen LogP contribution in [0.4, 0.5) is 15.8 Å². The summed E-state index contributed by atoms with van der Waals surface area (Å²) in [6, 6.07) is 11.2. The number of benzene rings is 2. The summed E-state index contributed by atoms with van der Waals surface area (Å²) < 4.78 is 12.9. The van der Waals surface area contributed by atoms with Crippen molar-refractivity contribution in [2.75, 3.05) is 17.3 Å². The standard InChI is InChI=1S/C14H13FN2OS/c1-19-13-5-3-2-4-10(13)14(18)17-12-7-6-9(15)8-11(12)16/h2-8H,16H2,1H3,(H,17,18). The number of anilines is 2. The molecule has 0 atom stereocenters. The highest BCUT2D eigenvalue weighted by atomic mass is 32.2. The zero-order valence-electron chi connectivity index (χ0n) is 10.3. The van der Waals surface area contributed by atoms with Gasteiger partial charge in [0, 0.05) is 4.90 Å². The molecule has 1 amide bonds. The summed E-state index contributed by atoms with van der Waals surface area (Å²) in [5.74, 6) is -0.691. The highest BCUT2D eigenvalue weighted by Gasteiger charge is 2.12. The first-order valence-corrected chi connectivity index (χ1v) is 6.83. The number of rotatable bonds is 3. The average molecular weight is 276 g/mol. The van der Waals surface area contributed by atoms with Crippen molar-refractivity contribution < 1.29 is 9.18 Å². The van der Waals surface area contributed by atoms with Gasteiger partial charge >= 0.3 is 0 Å². The van der Waals surface area contributed by atoms with E-state index in [0.717, 1.165) is 4.90 Å². The van der Waals surface area contributed by atoms with Gasteiger partial charge in [0.15, 0.2) is 0 Å². The molecule has 2 aromatic rings. The Labute approximate surface area is 115 Å². The predicted octanol–water partition coefficient (Wildman–Crippen LogP) is 3.38. The van der Waals surface area contributed by atoms with Gasteiger partial charge in [-0.05, 0) is 36.6 Å². The highest BCUT2D eigenvalue weighted by molar-refractivity contribution is 7.98. The molecule has 2 rings (SSSR count). The van der Waals surface area contributed by atoms with E-state index in [9.17, 15) is 9.18 Å². The lowest BCUT2D eigenvalue weighted by Crippen LogP contribution is -2.14. The van der Waals surface area contributed by atoms with E-state index in [0.29, 0.717) is 11.3 Å². The molecule has 0 aliphatic heterocycles. The van der Waals surface area contributed by atoms with Crippen LogP contribution in [0.15, 0.2) is 47.4 Å². The van der Waals surface area contributed by atoms with Gasteiger partial charge in [-0.15, -0.1) is 11.8 Å². The van der Waals surface area contributed by atoms with Crippen LogP contribution in [0.25, 0.3) is 0 Å². The molecule has 3 nitrogen and oxygen atoms in total. The molecule has 0 aliphatic carbocycles. The molecule has 0 aliphatic rings. The molecule has 0 radical (unpaired) electrons. The Morgan fingerprint density at radius 3 is 2.68 bits per heavy atom. The Kier molecular flexibility index (Phi) is 4.06. The van der Waals surface area contributed by atoms with Gasteiger partial charge in [0.2, 0.25) is 0 Å². The lowest BCUT2D eigenvalue weighted by Gasteiger charge is -2.10. The third-order valence-corrected chi connectivity index (χ3v) is 3.41. The Morgan fingerprint density at radius 1 is 1.26 bits per heavy atom. The van der Waals surface area contributed by atoms with Crippen molar-refractivity contribution in [3.8, 4) is 0 Å². The molecule has 0 bridgehead atoms. The molecule has 3 N–H and O–H groups in total. The lowest BCUT2D eigenvalue weighted by molar-refractivity contribution is 0.102. The first-order chi connectivity index (χ1) is 9.11. The molecule has 19 heavy (non-hydrogen) atoms. The second-order valence-electron chi connectivity index (χ2n) is 3.89. The van der Waals surface area contributed by atoms with E-state index in [4.69, 9.17) is 5.73 Å². The minimum atomic E-state index is -0.431. The SMILES string of the molecule is CSc1ccccc1C(=O)Nc1ccc(F)cc1N. The monoisotopic (exact) mass is 276 g/mol. The number of thioether (sulfide) groups is 1. The van der Waals surface area contributed by atoms with E-state index in [1.807, 2.05) is 18.4 Å². The summed E-state index contributed by atoms with van der Waals surface area (Å²) in [5.41, 5.74) is 6.84. The number of carbonyl (C=O) groups is 1. The molecule has 98 valence electrons. The third-order valence-electron chi connectivity index (χ3n) is 2.61. The summed E-state index contributed by atoms with van der Waals surface area (Å²) in [7, 11) is 0. The smallest absolute Gasteiger partial charge is 0.256 e. The Hall–Kier alpha value is -2.01. The van der Waals surface area contributed by atoms with E-state index < -0.39 is 5.82 Å². The van der Waals surface area contributed by atoms with Crippen molar-refractivity contribution in [1.82, 2.24) is 0 Å². The van der Waals surface area contributed by atoms with Gasteiger partial charge in [-0.25, -0.2) is 4.39 Å². The quantitative estimate of drug-likeness (QED) is 0.667. The van der Waals surface area contributed by atoms with E-state index in [1.165, 1.54) is 30.0 Å². The number of nitrogens with one attached hydrogen (secondary N) is 1. The summed E-state index contributed by atoms with van der Waals surface area (Å²) >= 11 is 1.49. The van der Waals surface area contributed by atoms with Crippen molar-refractivity contribution >= 4 is 29.0 Å². The molecule has 5 heteroatoms. The fraction of sp³-hybridized carbons (Fsp3) is 0.0714. The molecular weight excluding hydrogens is 263 g/mol. The van der Waals surface area contributed by atoms with Crippen LogP contribution in [0.1, 0.15) is 10.4 Å². The van der Waals surface area contributed by atoms with E-state index >= 15 is 0 Å². The predicted molar refractivity (Wildman–Crippen MR) is 77.0 cm³/mol. The van der Waals surface area contributed by atoms with Gasteiger partial charge in [-0.1, -0.05) is 12.1 Å². The Morgan fingerprint density at radius 2 is 2.00 bits per heavy atom. The fourth-order valence-electron chi connectivity index (χ4n) is 1.67. The van der Waals surface area contributed by atoms with Crippen LogP contribution in [-0.4, -0.2) is 12.2 Å². The summed E-state index contributed by atoms with van der Waals surface area (Å²) in [6.45, 7) is 0. The second kappa shape index (κ2) is 5.75. The van der Waals surface area contributed by atoms with Crippen molar-refractivity contribution in [2.45, 2.75) is 4.90 Å². The number of nitrogens with two attached hydrogens (primary N) is 1. The molecule has 2 aromatic carbocycles. The highest BCUT2D eigenvalue weighted by Crippen LogP contribution is 2.23. The first-order valence-electron chi connectivity index (χ1n) is 5.61. The lowest BCUT2D eigenvalue weighted by atomic mass is 10.2. The van der Waals surface area contributed by atoms with E-state index in [1.54, 1.807) is 12.1 Å². The van der Waals surface area contributed by atoms with Crippen LogP contribution in [-0.2, 0) is 0 Å². The minimum absolute atomic E-state index is 0.204. The zero-order chi connectivity index (χ0) is 13.8. The fourth-order valence-corrected chi connectivity index (χ4v) is 2.26. The minimum Gasteiger partial charge on any atom is -0.397 e. The van der Waals surface area contributed by atoms with Crippen molar-refractivity contribution in [1.29, 1.82) is 0 Å². The Bertz CT molecular complexity index is 616. The van der Waals surface area contributed by atoms with E-state index in [2.05, 4.69) is 5.32 Å². The topological polar surface area (TPSA) is 55.1 Å². The maximum Gasteiger partial charge on any atom is 0.256 e. The number of amides is 1. The Balaban J connectivity index is 2.26. The van der Waals surface area contributed by atoms with Gasteiger partial charge in [0.25, 0.3) is 5.91 Å². The van der Waals surface area contributed by atoms with Crippen LogP contribution >= 0.6 is 11.8 Å². The average Bonchev–Trinajstić information content (AvgIpc) is 2.41. The van der Waals surface area contributed by atoms with Gasteiger partial charge in [0.05, 0.1) is 16.9 Å². The van der Waals surface area contributed by atoms with Crippen LogP contribution < -0.4 is 11.1 Å². The number of halogens is 1. The summed E-state index contributed by atoms with van der Waals surface area (Å²) in [6.07, 6.45) is 1.90. The van der Waals surface area contributed by atoms with Gasteiger partial charge in [-0.2, -0.15) is 0 Å². The van der Waals surface area contributed by atoms with Crippen LogP contribution in [0.2, 0.25) is 0 Å². The van der Waals surface area contributed by atoms with Crippen molar-refractivity contribution in [3.05, 3.63) is 53.8 Å². The second-order valence-corrected chi connectivity index (χ2v) is 4.73.